The van der Waals surface area contributed by atoms with Crippen LogP contribution in [0, 0.1) is 0 Å². The minimum atomic E-state index is -0.414. The highest BCUT2D eigenvalue weighted by molar-refractivity contribution is 6.62. The van der Waals surface area contributed by atoms with Crippen molar-refractivity contribution in [3.8, 4) is 0 Å². The van der Waals surface area contributed by atoms with E-state index in [1.807, 2.05) is 46.8 Å². The topological polar surface area (TPSA) is 72.5 Å². The van der Waals surface area contributed by atoms with Crippen LogP contribution in [-0.2, 0) is 15.9 Å². The summed E-state index contributed by atoms with van der Waals surface area (Å²) >= 11 is 0. The van der Waals surface area contributed by atoms with Crippen LogP contribution in [0.3, 0.4) is 0 Å². The molecule has 1 aromatic rings. The van der Waals surface area contributed by atoms with Gasteiger partial charge in [-0.05, 0) is 40.7 Å². The molecule has 0 saturated carbocycles. The van der Waals surface area contributed by atoms with Crippen molar-refractivity contribution in [2.75, 3.05) is 6.54 Å². The quantitative estimate of drug-likeness (QED) is 0.820. The number of aromatic nitrogens is 1. The van der Waals surface area contributed by atoms with Crippen LogP contribution in [0.1, 0.15) is 40.3 Å². The van der Waals surface area contributed by atoms with Crippen LogP contribution < -0.4 is 16.1 Å². The Morgan fingerprint density at radius 1 is 1.18 bits per heavy atom. The van der Waals surface area contributed by atoms with E-state index < -0.39 is 7.12 Å². The lowest BCUT2D eigenvalue weighted by Gasteiger charge is -2.32. The van der Waals surface area contributed by atoms with Gasteiger partial charge in [0.2, 0.25) is 0 Å². The fourth-order valence-corrected chi connectivity index (χ4v) is 2.05. The number of hydrogen-bond acceptors (Lipinski definition) is 4. The van der Waals surface area contributed by atoms with E-state index in [2.05, 4.69) is 15.6 Å². The fourth-order valence-electron chi connectivity index (χ4n) is 2.05. The molecule has 6 nitrogen and oxygen atoms in total. The summed E-state index contributed by atoms with van der Waals surface area (Å²) in [5, 5.41) is 5.41. The molecule has 1 aromatic heterocycles. The Labute approximate surface area is 132 Å². The molecule has 0 unspecified atom stereocenters. The van der Waals surface area contributed by atoms with Crippen LogP contribution in [0.15, 0.2) is 18.3 Å². The van der Waals surface area contributed by atoms with Crippen molar-refractivity contribution in [1.29, 1.82) is 0 Å². The number of rotatable bonds is 4. The summed E-state index contributed by atoms with van der Waals surface area (Å²) < 4.78 is 12.0. The summed E-state index contributed by atoms with van der Waals surface area (Å²) in [6.45, 7) is 10.9. The molecule has 2 rings (SSSR count). The highest BCUT2D eigenvalue weighted by Crippen LogP contribution is 2.36. The Hall–Kier alpha value is -1.60. The molecule has 1 aliphatic rings. The molecule has 1 saturated heterocycles. The molecule has 0 bridgehead atoms. The molecule has 22 heavy (non-hydrogen) atoms. The molecule has 0 atom stereocenters. The van der Waals surface area contributed by atoms with E-state index in [0.717, 1.165) is 11.2 Å². The highest BCUT2D eigenvalue weighted by atomic mass is 16.7. The van der Waals surface area contributed by atoms with E-state index in [-0.39, 0.29) is 17.2 Å². The van der Waals surface area contributed by atoms with E-state index in [1.165, 1.54) is 0 Å². The lowest BCUT2D eigenvalue weighted by Crippen LogP contribution is -2.41. The molecule has 2 heterocycles. The van der Waals surface area contributed by atoms with Crippen molar-refractivity contribution in [3.63, 3.8) is 0 Å². The molecule has 1 aliphatic heterocycles. The van der Waals surface area contributed by atoms with Gasteiger partial charge < -0.3 is 19.9 Å². The van der Waals surface area contributed by atoms with Crippen molar-refractivity contribution in [2.45, 2.75) is 52.4 Å². The monoisotopic (exact) mass is 305 g/mol. The van der Waals surface area contributed by atoms with Crippen LogP contribution in [0.5, 0.6) is 0 Å². The molecule has 0 spiro atoms. The van der Waals surface area contributed by atoms with Crippen molar-refractivity contribution in [1.82, 2.24) is 15.6 Å². The van der Waals surface area contributed by atoms with Gasteiger partial charge in [0.25, 0.3) is 0 Å². The van der Waals surface area contributed by atoms with Gasteiger partial charge in [0, 0.05) is 18.2 Å². The largest absolute Gasteiger partial charge is 0.496 e. The maximum atomic E-state index is 11.3. The van der Waals surface area contributed by atoms with Gasteiger partial charge in [0.05, 0.1) is 23.4 Å². The smallest absolute Gasteiger partial charge is 0.399 e. The lowest BCUT2D eigenvalue weighted by atomic mass is 9.80. The Morgan fingerprint density at radius 2 is 1.82 bits per heavy atom. The van der Waals surface area contributed by atoms with E-state index in [0.29, 0.717) is 13.1 Å². The van der Waals surface area contributed by atoms with Crippen LogP contribution in [0.4, 0.5) is 4.79 Å². The van der Waals surface area contributed by atoms with Crippen LogP contribution in [0.2, 0.25) is 0 Å². The van der Waals surface area contributed by atoms with Crippen molar-refractivity contribution in [2.24, 2.45) is 0 Å². The summed E-state index contributed by atoms with van der Waals surface area (Å²) in [5.41, 5.74) is 0.929. The SMILES string of the molecule is CCNC(=O)NCc1ccc(B2OC(C)(C)C(C)(C)O2)cn1. The molecule has 7 heteroatoms. The maximum Gasteiger partial charge on any atom is 0.496 e. The van der Waals surface area contributed by atoms with E-state index in [1.54, 1.807) is 6.20 Å². The average Bonchev–Trinajstić information content (AvgIpc) is 2.66. The van der Waals surface area contributed by atoms with Gasteiger partial charge >= 0.3 is 13.1 Å². The van der Waals surface area contributed by atoms with Crippen LogP contribution in [-0.4, -0.2) is 35.9 Å². The number of amides is 2. The molecule has 0 radical (unpaired) electrons. The molecule has 2 N–H and O–H groups in total. The first-order valence-corrected chi connectivity index (χ1v) is 7.57. The zero-order valence-corrected chi connectivity index (χ0v) is 13.9. The van der Waals surface area contributed by atoms with Crippen molar-refractivity contribution >= 4 is 18.6 Å². The molecule has 0 aromatic carbocycles. The summed E-state index contributed by atoms with van der Waals surface area (Å²) in [7, 11) is -0.414. The van der Waals surface area contributed by atoms with Gasteiger partial charge in [0.1, 0.15) is 0 Å². The van der Waals surface area contributed by atoms with Gasteiger partial charge in [0.15, 0.2) is 0 Å². The number of nitrogens with one attached hydrogen (secondary N) is 2. The van der Waals surface area contributed by atoms with Gasteiger partial charge in [-0.1, -0.05) is 6.07 Å². The van der Waals surface area contributed by atoms with Crippen molar-refractivity contribution in [3.05, 3.63) is 24.0 Å². The minimum Gasteiger partial charge on any atom is -0.399 e. The Morgan fingerprint density at radius 3 is 2.32 bits per heavy atom. The first-order valence-electron chi connectivity index (χ1n) is 7.57. The standard InChI is InChI=1S/C15H24BN3O3/c1-6-17-13(20)19-10-12-8-7-11(9-18-12)16-21-14(2,3)15(4,5)22-16/h7-9H,6,10H2,1-5H3,(H2,17,19,20). The predicted octanol–water partition coefficient (Wildman–Crippen LogP) is 1.20. The third-order valence-corrected chi connectivity index (χ3v) is 4.14. The Kier molecular flexibility index (Phi) is 4.77. The molecule has 120 valence electrons. The second-order valence-corrected chi connectivity index (χ2v) is 6.38. The number of hydrogen-bond donors (Lipinski definition) is 2. The normalized spacial score (nSPS) is 19.0. The van der Waals surface area contributed by atoms with E-state index in [4.69, 9.17) is 9.31 Å². The number of carbonyl (C=O) groups is 1. The van der Waals surface area contributed by atoms with Gasteiger partial charge in [-0.25, -0.2) is 4.79 Å². The molecule has 2 amide bonds. The zero-order chi connectivity index (χ0) is 16.4. The number of pyridine rings is 1. The summed E-state index contributed by atoms with van der Waals surface area (Å²) in [6, 6.07) is 3.59. The Balaban J connectivity index is 1.97. The average molecular weight is 305 g/mol. The maximum absolute atomic E-state index is 11.3. The first-order chi connectivity index (χ1) is 10.2. The Bertz CT molecular complexity index is 515. The summed E-state index contributed by atoms with van der Waals surface area (Å²) in [5.74, 6) is 0. The zero-order valence-electron chi connectivity index (χ0n) is 13.9. The minimum absolute atomic E-state index is 0.195. The van der Waals surface area contributed by atoms with Crippen LogP contribution >= 0.6 is 0 Å². The highest BCUT2D eigenvalue weighted by Gasteiger charge is 2.51. The van der Waals surface area contributed by atoms with E-state index >= 15 is 0 Å². The molecular weight excluding hydrogens is 281 g/mol. The molecule has 1 fully saturated rings. The second kappa shape index (κ2) is 6.26. The summed E-state index contributed by atoms with van der Waals surface area (Å²) in [4.78, 5) is 15.7. The van der Waals surface area contributed by atoms with Gasteiger partial charge in [-0.3, -0.25) is 4.98 Å². The lowest BCUT2D eigenvalue weighted by molar-refractivity contribution is 0.00578. The van der Waals surface area contributed by atoms with E-state index in [9.17, 15) is 4.79 Å². The van der Waals surface area contributed by atoms with Crippen molar-refractivity contribution < 1.29 is 14.1 Å². The third kappa shape index (κ3) is 3.59. The summed E-state index contributed by atoms with van der Waals surface area (Å²) in [6.07, 6.45) is 1.73. The predicted molar refractivity (Wildman–Crippen MR) is 85.9 cm³/mol. The third-order valence-electron chi connectivity index (χ3n) is 4.14. The van der Waals surface area contributed by atoms with Gasteiger partial charge in [-0.2, -0.15) is 0 Å². The first kappa shape index (κ1) is 16.8. The van der Waals surface area contributed by atoms with Gasteiger partial charge in [-0.15, -0.1) is 0 Å². The second-order valence-electron chi connectivity index (χ2n) is 6.38. The number of urea groups is 1. The number of carbonyl (C=O) groups excluding carboxylic acids is 1. The molecular formula is C15H24BN3O3. The fraction of sp³-hybridized carbons (Fsp3) is 0.600. The molecule has 0 aliphatic carbocycles. The number of nitrogens with zero attached hydrogens (tertiary/aromatic N) is 1. The van der Waals surface area contributed by atoms with Crippen LogP contribution in [0.25, 0.3) is 0 Å².